The number of hydrogen-bond acceptors (Lipinski definition) is 5. The van der Waals surface area contributed by atoms with Gasteiger partial charge in [-0.05, 0) is 6.42 Å². The molecule has 4 nitrogen and oxygen atoms in total. The number of thiazole rings is 1. The molecule has 18 heavy (non-hydrogen) atoms. The first kappa shape index (κ1) is 12.6. The molecule has 6 heteroatoms. The monoisotopic (exact) mass is 267 g/mol. The van der Waals surface area contributed by atoms with Gasteiger partial charge in [0.05, 0.1) is 16.4 Å². The number of aromatic nitrogens is 1. The first-order chi connectivity index (χ1) is 8.64. The van der Waals surface area contributed by atoms with E-state index in [1.807, 2.05) is 6.20 Å². The zero-order valence-electron chi connectivity index (χ0n) is 10.8. The first-order valence-corrected chi connectivity index (χ1v) is 7.22. The van der Waals surface area contributed by atoms with E-state index >= 15 is 0 Å². The Morgan fingerprint density at radius 2 is 2.17 bits per heavy atom. The highest BCUT2D eigenvalue weighted by molar-refractivity contribution is 7.22. The van der Waals surface area contributed by atoms with Gasteiger partial charge in [-0.1, -0.05) is 13.8 Å². The van der Waals surface area contributed by atoms with Crippen molar-refractivity contribution in [2.24, 2.45) is 5.41 Å². The van der Waals surface area contributed by atoms with Crippen LogP contribution in [0, 0.1) is 5.41 Å². The summed E-state index contributed by atoms with van der Waals surface area (Å²) in [6, 6.07) is 0. The lowest BCUT2D eigenvalue weighted by Crippen LogP contribution is -2.46. The van der Waals surface area contributed by atoms with Gasteiger partial charge in [-0.15, -0.1) is 11.3 Å². The Balaban J connectivity index is 1.66. The summed E-state index contributed by atoms with van der Waals surface area (Å²) in [7, 11) is -0.230. The highest BCUT2D eigenvalue weighted by Crippen LogP contribution is 2.27. The number of ether oxygens (including phenoxy) is 1. The quantitative estimate of drug-likeness (QED) is 0.760. The van der Waals surface area contributed by atoms with Gasteiger partial charge in [0, 0.05) is 37.4 Å². The third-order valence-electron chi connectivity index (χ3n) is 3.30. The molecule has 0 aromatic carbocycles. The van der Waals surface area contributed by atoms with Gasteiger partial charge in [-0.2, -0.15) is 0 Å². The van der Waals surface area contributed by atoms with Crippen LogP contribution in [0.2, 0.25) is 0 Å². The smallest absolute Gasteiger partial charge is 0.406 e. The Morgan fingerprint density at radius 1 is 1.39 bits per heavy atom. The molecule has 0 saturated carbocycles. The second kappa shape index (κ2) is 4.92. The van der Waals surface area contributed by atoms with Crippen molar-refractivity contribution in [1.82, 2.24) is 4.98 Å². The van der Waals surface area contributed by atoms with Gasteiger partial charge in [0.15, 0.2) is 0 Å². The summed E-state index contributed by atoms with van der Waals surface area (Å²) in [6.45, 7) is 7.42. The van der Waals surface area contributed by atoms with Gasteiger partial charge in [-0.3, -0.25) is 0 Å². The van der Waals surface area contributed by atoms with Crippen molar-refractivity contribution in [3.05, 3.63) is 11.2 Å². The molecule has 1 aromatic rings. The fraction of sp³-hybridized carbons (Fsp3) is 0.750. The van der Waals surface area contributed by atoms with E-state index in [0.29, 0.717) is 5.92 Å². The third kappa shape index (κ3) is 2.61. The normalized spacial score (nSPS) is 27.7. The molecular formula is C12H18BNO3S. The van der Waals surface area contributed by atoms with E-state index in [-0.39, 0.29) is 12.5 Å². The Hall–Kier alpha value is -0.425. The molecule has 0 bridgehead atoms. The Labute approximate surface area is 112 Å². The summed E-state index contributed by atoms with van der Waals surface area (Å²) < 4.78 is 18.0. The van der Waals surface area contributed by atoms with Crippen molar-refractivity contribution >= 4 is 23.2 Å². The number of rotatable bonds is 2. The molecule has 0 radical (unpaired) electrons. The number of hydrogen-bond donors (Lipinski definition) is 0. The third-order valence-corrected chi connectivity index (χ3v) is 4.49. The van der Waals surface area contributed by atoms with Crippen molar-refractivity contribution in [1.29, 1.82) is 0 Å². The Morgan fingerprint density at radius 3 is 2.83 bits per heavy atom. The molecule has 3 heterocycles. The summed E-state index contributed by atoms with van der Waals surface area (Å²) in [6.07, 6.45) is 2.97. The highest BCUT2D eigenvalue weighted by atomic mass is 32.1. The van der Waals surface area contributed by atoms with Crippen LogP contribution in [0.3, 0.4) is 0 Å². The lowest BCUT2D eigenvalue weighted by Gasteiger charge is -2.32. The van der Waals surface area contributed by atoms with Crippen LogP contribution in [-0.4, -0.2) is 38.5 Å². The molecule has 0 spiro atoms. The molecule has 1 unspecified atom stereocenters. The lowest BCUT2D eigenvalue weighted by molar-refractivity contribution is 0.0346. The largest absolute Gasteiger partial charge is 0.506 e. The van der Waals surface area contributed by atoms with E-state index in [2.05, 4.69) is 18.8 Å². The van der Waals surface area contributed by atoms with Gasteiger partial charge in [-0.25, -0.2) is 4.98 Å². The van der Waals surface area contributed by atoms with Gasteiger partial charge in [0.1, 0.15) is 0 Å². The van der Waals surface area contributed by atoms with E-state index in [1.165, 1.54) is 0 Å². The molecule has 2 aliphatic rings. The molecule has 2 fully saturated rings. The van der Waals surface area contributed by atoms with Gasteiger partial charge in [0.2, 0.25) is 0 Å². The molecule has 1 atom stereocenters. The van der Waals surface area contributed by atoms with Gasteiger partial charge < -0.3 is 14.0 Å². The van der Waals surface area contributed by atoms with E-state index in [0.717, 1.165) is 42.6 Å². The van der Waals surface area contributed by atoms with Crippen LogP contribution in [0.25, 0.3) is 0 Å². The molecule has 3 rings (SSSR count). The molecule has 2 saturated heterocycles. The molecule has 1 aromatic heterocycles. The first-order valence-electron chi connectivity index (χ1n) is 6.41. The zero-order valence-corrected chi connectivity index (χ0v) is 11.7. The average molecular weight is 267 g/mol. The van der Waals surface area contributed by atoms with E-state index in [9.17, 15) is 0 Å². The van der Waals surface area contributed by atoms with Crippen LogP contribution < -0.4 is 4.78 Å². The summed E-state index contributed by atoms with van der Waals surface area (Å²) in [5.41, 5.74) is 0.114. The van der Waals surface area contributed by atoms with Crippen LogP contribution in [0.4, 0.5) is 0 Å². The van der Waals surface area contributed by atoms with E-state index < -0.39 is 0 Å². The van der Waals surface area contributed by atoms with E-state index in [1.54, 1.807) is 11.3 Å². The Kier molecular flexibility index (Phi) is 3.45. The Bertz CT molecular complexity index is 407. The maximum absolute atomic E-state index is 5.77. The van der Waals surface area contributed by atoms with Gasteiger partial charge in [0.25, 0.3) is 0 Å². The van der Waals surface area contributed by atoms with Crippen LogP contribution in [0.5, 0.6) is 0 Å². The summed E-state index contributed by atoms with van der Waals surface area (Å²) in [5, 5.41) is 1.15. The van der Waals surface area contributed by atoms with Crippen molar-refractivity contribution in [2.75, 3.05) is 26.4 Å². The highest BCUT2D eigenvalue weighted by Gasteiger charge is 2.35. The van der Waals surface area contributed by atoms with Crippen LogP contribution in [0.1, 0.15) is 31.2 Å². The van der Waals surface area contributed by atoms with Crippen molar-refractivity contribution in [2.45, 2.75) is 26.2 Å². The van der Waals surface area contributed by atoms with Crippen LogP contribution >= 0.6 is 11.3 Å². The topological polar surface area (TPSA) is 40.6 Å². The van der Waals surface area contributed by atoms with Crippen molar-refractivity contribution in [3.8, 4) is 0 Å². The predicted molar refractivity (Wildman–Crippen MR) is 71.4 cm³/mol. The summed E-state index contributed by atoms with van der Waals surface area (Å²) in [5.74, 6) is 0.462. The average Bonchev–Trinajstić information content (AvgIpc) is 2.99. The minimum absolute atomic E-state index is 0.114. The predicted octanol–water partition coefficient (Wildman–Crippen LogP) is 1.42. The van der Waals surface area contributed by atoms with Crippen LogP contribution in [0.15, 0.2) is 6.20 Å². The van der Waals surface area contributed by atoms with E-state index in [4.69, 9.17) is 14.0 Å². The molecular weight excluding hydrogens is 249 g/mol. The minimum Gasteiger partial charge on any atom is -0.406 e. The maximum Gasteiger partial charge on any atom is 0.506 e. The maximum atomic E-state index is 5.77. The zero-order chi connectivity index (χ0) is 12.6. The van der Waals surface area contributed by atoms with Gasteiger partial charge >= 0.3 is 7.12 Å². The van der Waals surface area contributed by atoms with Crippen molar-refractivity contribution in [3.63, 3.8) is 0 Å². The SMILES string of the molecule is CC1(C)COB(c2cnc(C3CCOC3)s2)OC1. The standard InChI is InChI=1S/C12H18BNO3S/c1-12(2)7-16-13(17-8-12)10-5-14-11(18-10)9-3-4-15-6-9/h5,9H,3-4,6-8H2,1-2H3. The number of nitrogens with zero attached hydrogens (tertiary/aromatic N) is 1. The molecule has 0 aliphatic carbocycles. The minimum atomic E-state index is -0.230. The fourth-order valence-electron chi connectivity index (χ4n) is 2.18. The molecule has 98 valence electrons. The fourth-order valence-corrected chi connectivity index (χ4v) is 3.22. The van der Waals surface area contributed by atoms with Crippen LogP contribution in [-0.2, 0) is 14.0 Å². The molecule has 0 amide bonds. The second-order valence-electron chi connectivity index (χ2n) is 5.78. The summed E-state index contributed by atoms with van der Waals surface area (Å²) in [4.78, 5) is 4.49. The lowest BCUT2D eigenvalue weighted by atomic mass is 9.83. The summed E-state index contributed by atoms with van der Waals surface area (Å²) >= 11 is 1.70. The second-order valence-corrected chi connectivity index (χ2v) is 6.87. The molecule has 0 N–H and O–H groups in total. The molecule has 2 aliphatic heterocycles. The van der Waals surface area contributed by atoms with Crippen molar-refractivity contribution < 1.29 is 14.0 Å².